The zero-order valence-electron chi connectivity index (χ0n) is 7.65. The van der Waals surface area contributed by atoms with Gasteiger partial charge in [0, 0.05) is 6.42 Å². The molecule has 1 fully saturated rings. The monoisotopic (exact) mass is 224 g/mol. The van der Waals surface area contributed by atoms with Crippen LogP contribution >= 0.6 is 0 Å². The van der Waals surface area contributed by atoms with E-state index in [1.54, 1.807) is 0 Å². The molecule has 1 saturated heterocycles. The zero-order valence-corrected chi connectivity index (χ0v) is 8.46. The van der Waals surface area contributed by atoms with E-state index in [1.807, 2.05) is 0 Å². The van der Waals surface area contributed by atoms with Gasteiger partial charge in [-0.15, -0.1) is 0 Å². The average Bonchev–Trinajstić information content (AvgIpc) is 2.00. The Labute approximate surface area is 82.0 Å². The Hall–Kier alpha value is -0.650. The molecule has 1 heterocycles. The summed E-state index contributed by atoms with van der Waals surface area (Å²) in [6.07, 6.45) is -1.01. The van der Waals surface area contributed by atoms with E-state index >= 15 is 0 Å². The molecule has 0 aliphatic carbocycles. The number of rotatable bonds is 3. The zero-order chi connectivity index (χ0) is 10.8. The van der Waals surface area contributed by atoms with Crippen molar-refractivity contribution in [2.75, 3.05) is 11.5 Å². The molecule has 1 aliphatic heterocycles. The largest absolute Gasteiger partial charge is 0.481 e. The van der Waals surface area contributed by atoms with Crippen molar-refractivity contribution in [1.82, 2.24) is 0 Å². The van der Waals surface area contributed by atoms with Crippen molar-refractivity contribution in [2.24, 2.45) is 5.92 Å². The molecule has 0 radical (unpaired) electrons. The van der Waals surface area contributed by atoms with Crippen molar-refractivity contribution >= 4 is 15.8 Å². The molecule has 4 nitrogen and oxygen atoms in total. The molecule has 0 spiro atoms. The number of carbonyl (C=O) groups is 1. The van der Waals surface area contributed by atoms with Gasteiger partial charge in [-0.3, -0.25) is 4.79 Å². The van der Waals surface area contributed by atoms with Gasteiger partial charge < -0.3 is 5.11 Å². The number of carboxylic acid groups (broad SMARTS) is 1. The fraction of sp³-hybridized carbons (Fsp3) is 0.875. The van der Waals surface area contributed by atoms with Crippen LogP contribution in [0.5, 0.6) is 0 Å². The van der Waals surface area contributed by atoms with Gasteiger partial charge >= 0.3 is 5.97 Å². The second kappa shape index (κ2) is 4.25. The lowest BCUT2D eigenvalue weighted by molar-refractivity contribution is -0.137. The normalized spacial score (nSPS) is 31.2. The molecule has 0 bridgehead atoms. The van der Waals surface area contributed by atoms with Crippen LogP contribution in [0.4, 0.5) is 4.39 Å². The van der Waals surface area contributed by atoms with Gasteiger partial charge in [0.2, 0.25) is 0 Å². The topological polar surface area (TPSA) is 71.4 Å². The van der Waals surface area contributed by atoms with E-state index in [9.17, 15) is 17.6 Å². The van der Waals surface area contributed by atoms with Gasteiger partial charge in [-0.2, -0.15) is 0 Å². The number of carboxylic acids is 1. The van der Waals surface area contributed by atoms with Crippen LogP contribution in [0, 0.1) is 5.92 Å². The first-order valence-electron chi connectivity index (χ1n) is 4.47. The summed E-state index contributed by atoms with van der Waals surface area (Å²) in [5, 5.41) is 8.39. The maximum atomic E-state index is 13.2. The third kappa shape index (κ3) is 3.25. The first-order chi connectivity index (χ1) is 6.41. The molecule has 0 aromatic rings. The number of halogens is 1. The van der Waals surface area contributed by atoms with Crippen molar-refractivity contribution < 1.29 is 22.7 Å². The maximum absolute atomic E-state index is 13.2. The van der Waals surface area contributed by atoms with Crippen LogP contribution in [-0.2, 0) is 14.6 Å². The summed E-state index contributed by atoms with van der Waals surface area (Å²) >= 11 is 0. The molecular formula is C8H13FO4S. The lowest BCUT2D eigenvalue weighted by Crippen LogP contribution is -2.34. The van der Waals surface area contributed by atoms with E-state index in [0.29, 0.717) is 0 Å². The molecule has 82 valence electrons. The first-order valence-corrected chi connectivity index (χ1v) is 6.29. The fourth-order valence-electron chi connectivity index (χ4n) is 1.61. The third-order valence-corrected chi connectivity index (χ3v) is 4.14. The lowest BCUT2D eigenvalue weighted by Gasteiger charge is -2.25. The first kappa shape index (κ1) is 11.4. The van der Waals surface area contributed by atoms with E-state index < -0.39 is 33.6 Å². The average molecular weight is 224 g/mol. The van der Waals surface area contributed by atoms with Crippen LogP contribution < -0.4 is 0 Å². The molecule has 1 rings (SSSR count). The van der Waals surface area contributed by atoms with E-state index in [2.05, 4.69) is 0 Å². The van der Waals surface area contributed by atoms with Gasteiger partial charge in [-0.05, 0) is 18.8 Å². The summed E-state index contributed by atoms with van der Waals surface area (Å²) in [7, 11) is -3.23. The van der Waals surface area contributed by atoms with E-state index in [4.69, 9.17) is 5.11 Å². The van der Waals surface area contributed by atoms with Crippen molar-refractivity contribution in [3.8, 4) is 0 Å². The standard InChI is InChI=1S/C8H13FO4S/c9-7-5-14(12,13)4-3-6(7)1-2-8(10)11/h6-7H,1-5H2,(H,10,11)/t6-,7+/m0/s1. The van der Waals surface area contributed by atoms with Crippen LogP contribution in [0.3, 0.4) is 0 Å². The highest BCUT2D eigenvalue weighted by molar-refractivity contribution is 7.91. The molecule has 0 saturated carbocycles. The van der Waals surface area contributed by atoms with Gasteiger partial charge in [0.25, 0.3) is 0 Å². The second-order valence-corrected chi connectivity index (χ2v) is 5.84. The van der Waals surface area contributed by atoms with Crippen molar-refractivity contribution in [1.29, 1.82) is 0 Å². The Morgan fingerprint density at radius 2 is 2.14 bits per heavy atom. The summed E-state index contributed by atoms with van der Waals surface area (Å²) in [5.41, 5.74) is 0. The van der Waals surface area contributed by atoms with Crippen LogP contribution in [0.15, 0.2) is 0 Å². The predicted octanol–water partition coefficient (Wildman–Crippen LogP) is 0.624. The van der Waals surface area contributed by atoms with Crippen LogP contribution in [-0.4, -0.2) is 37.2 Å². The molecule has 0 aromatic heterocycles. The molecule has 1 N–H and O–H groups in total. The summed E-state index contributed by atoms with van der Waals surface area (Å²) in [5.74, 6) is -1.84. The van der Waals surface area contributed by atoms with Crippen LogP contribution in [0.2, 0.25) is 0 Å². The summed E-state index contributed by atoms with van der Waals surface area (Å²) in [6, 6.07) is 0. The third-order valence-electron chi connectivity index (χ3n) is 2.45. The lowest BCUT2D eigenvalue weighted by atomic mass is 9.95. The Morgan fingerprint density at radius 1 is 1.50 bits per heavy atom. The molecule has 0 amide bonds. The van der Waals surface area contributed by atoms with Crippen LogP contribution in [0.1, 0.15) is 19.3 Å². The number of alkyl halides is 1. The van der Waals surface area contributed by atoms with Gasteiger partial charge in [0.1, 0.15) is 6.17 Å². The second-order valence-electron chi connectivity index (χ2n) is 3.61. The molecule has 14 heavy (non-hydrogen) atoms. The van der Waals surface area contributed by atoms with Gasteiger partial charge in [-0.1, -0.05) is 0 Å². The Bertz CT molecular complexity index is 311. The molecule has 1 aliphatic rings. The van der Waals surface area contributed by atoms with Gasteiger partial charge in [0.15, 0.2) is 9.84 Å². The van der Waals surface area contributed by atoms with Gasteiger partial charge in [0.05, 0.1) is 11.5 Å². The van der Waals surface area contributed by atoms with E-state index in [1.165, 1.54) is 0 Å². The Morgan fingerprint density at radius 3 is 2.64 bits per heavy atom. The molecule has 0 unspecified atom stereocenters. The predicted molar refractivity (Wildman–Crippen MR) is 48.5 cm³/mol. The summed E-state index contributed by atoms with van der Waals surface area (Å²) < 4.78 is 35.2. The molecule has 2 atom stereocenters. The van der Waals surface area contributed by atoms with Crippen molar-refractivity contribution in [3.63, 3.8) is 0 Å². The molecular weight excluding hydrogens is 211 g/mol. The fourth-order valence-corrected chi connectivity index (χ4v) is 3.19. The van der Waals surface area contributed by atoms with E-state index in [0.717, 1.165) is 0 Å². The maximum Gasteiger partial charge on any atom is 0.303 e. The number of aliphatic carboxylic acids is 1. The Kier molecular flexibility index (Phi) is 3.47. The highest BCUT2D eigenvalue weighted by Crippen LogP contribution is 2.26. The highest BCUT2D eigenvalue weighted by atomic mass is 32.2. The minimum Gasteiger partial charge on any atom is -0.481 e. The molecule has 0 aromatic carbocycles. The summed E-state index contributed by atoms with van der Waals surface area (Å²) in [4.78, 5) is 10.2. The van der Waals surface area contributed by atoms with Gasteiger partial charge in [-0.25, -0.2) is 12.8 Å². The van der Waals surface area contributed by atoms with Crippen molar-refractivity contribution in [2.45, 2.75) is 25.4 Å². The minimum absolute atomic E-state index is 0.0162. The minimum atomic E-state index is -3.23. The Balaban J connectivity index is 2.46. The van der Waals surface area contributed by atoms with E-state index in [-0.39, 0.29) is 25.0 Å². The van der Waals surface area contributed by atoms with Crippen molar-refractivity contribution in [3.05, 3.63) is 0 Å². The highest BCUT2D eigenvalue weighted by Gasteiger charge is 2.33. The number of hydrogen-bond donors (Lipinski definition) is 1. The quantitative estimate of drug-likeness (QED) is 0.763. The van der Waals surface area contributed by atoms with Crippen LogP contribution in [0.25, 0.3) is 0 Å². The number of sulfone groups is 1. The molecule has 6 heteroatoms. The number of hydrogen-bond acceptors (Lipinski definition) is 3. The smallest absolute Gasteiger partial charge is 0.303 e. The SMILES string of the molecule is O=C(O)CC[C@H]1CCS(=O)(=O)C[C@H]1F. The summed E-state index contributed by atoms with van der Waals surface area (Å²) in [6.45, 7) is 0.